The van der Waals surface area contributed by atoms with E-state index in [1.807, 2.05) is 13.8 Å². The molecule has 2 heterocycles. The second-order valence-electron chi connectivity index (χ2n) is 4.11. The van der Waals surface area contributed by atoms with Gasteiger partial charge in [0, 0.05) is 18.0 Å². The zero-order valence-electron chi connectivity index (χ0n) is 9.47. The molecule has 1 atom stereocenters. The van der Waals surface area contributed by atoms with E-state index >= 15 is 0 Å². The third-order valence-electron chi connectivity index (χ3n) is 3.11. The molecule has 2 aliphatic heterocycles. The molecule has 14 heavy (non-hydrogen) atoms. The van der Waals surface area contributed by atoms with E-state index in [9.17, 15) is 0 Å². The minimum Gasteiger partial charge on any atom is -0.380 e. The normalized spacial score (nSPS) is 28.7. The minimum atomic E-state index is 0. The Balaban J connectivity index is 0.000000531. The van der Waals surface area contributed by atoms with E-state index in [-0.39, 0.29) is 7.43 Å². The number of likely N-dealkylation sites (tertiary alicyclic amines) is 1. The maximum absolute atomic E-state index is 5.27. The number of hydrogen-bond acceptors (Lipinski definition) is 2. The Labute approximate surface area is 89.6 Å². The zero-order valence-corrected chi connectivity index (χ0v) is 9.47. The molecule has 2 nitrogen and oxygen atoms in total. The van der Waals surface area contributed by atoms with Crippen molar-refractivity contribution in [2.45, 2.75) is 47.6 Å². The SMILES string of the molecule is C.CC.CCN1CC2(COC2)C[C@H]1C. The summed E-state index contributed by atoms with van der Waals surface area (Å²) in [5.41, 5.74) is 0.565. The highest BCUT2D eigenvalue weighted by atomic mass is 16.5. The maximum Gasteiger partial charge on any atom is 0.0557 e. The van der Waals surface area contributed by atoms with Crippen LogP contribution in [0.15, 0.2) is 0 Å². The maximum atomic E-state index is 5.27. The molecule has 0 aromatic carbocycles. The summed E-state index contributed by atoms with van der Waals surface area (Å²) in [6.45, 7) is 13.1. The van der Waals surface area contributed by atoms with Crippen LogP contribution in [0.1, 0.15) is 41.5 Å². The summed E-state index contributed by atoms with van der Waals surface area (Å²) in [5.74, 6) is 0. The third-order valence-corrected chi connectivity index (χ3v) is 3.11. The minimum absolute atomic E-state index is 0. The molecule has 0 aromatic rings. The van der Waals surface area contributed by atoms with Crippen molar-refractivity contribution in [3.05, 3.63) is 0 Å². The topological polar surface area (TPSA) is 12.5 Å². The van der Waals surface area contributed by atoms with E-state index < -0.39 is 0 Å². The fourth-order valence-electron chi connectivity index (χ4n) is 2.43. The molecule has 0 aliphatic carbocycles. The van der Waals surface area contributed by atoms with Gasteiger partial charge >= 0.3 is 0 Å². The van der Waals surface area contributed by atoms with Gasteiger partial charge in [-0.25, -0.2) is 0 Å². The van der Waals surface area contributed by atoms with E-state index in [0.29, 0.717) is 5.41 Å². The molecular weight excluding hydrogens is 174 g/mol. The molecule has 0 radical (unpaired) electrons. The van der Waals surface area contributed by atoms with Crippen molar-refractivity contribution in [1.29, 1.82) is 0 Å². The van der Waals surface area contributed by atoms with Gasteiger partial charge in [-0.15, -0.1) is 0 Å². The predicted octanol–water partition coefficient (Wildman–Crippen LogP) is 2.78. The lowest BCUT2D eigenvalue weighted by molar-refractivity contribution is -0.105. The highest BCUT2D eigenvalue weighted by Gasteiger charge is 2.46. The van der Waals surface area contributed by atoms with Crippen molar-refractivity contribution in [1.82, 2.24) is 4.90 Å². The van der Waals surface area contributed by atoms with Gasteiger partial charge < -0.3 is 9.64 Å². The average molecular weight is 201 g/mol. The number of rotatable bonds is 1. The highest BCUT2D eigenvalue weighted by molar-refractivity contribution is 4.97. The van der Waals surface area contributed by atoms with Gasteiger partial charge in [0.15, 0.2) is 0 Å². The van der Waals surface area contributed by atoms with E-state index in [4.69, 9.17) is 4.74 Å². The molecule has 2 aliphatic rings. The van der Waals surface area contributed by atoms with Crippen LogP contribution in [0.2, 0.25) is 0 Å². The van der Waals surface area contributed by atoms with Gasteiger partial charge in [-0.1, -0.05) is 28.2 Å². The van der Waals surface area contributed by atoms with Gasteiger partial charge in [0.25, 0.3) is 0 Å². The quantitative estimate of drug-likeness (QED) is 0.647. The van der Waals surface area contributed by atoms with Crippen LogP contribution in [0.4, 0.5) is 0 Å². The van der Waals surface area contributed by atoms with Crippen LogP contribution in [0, 0.1) is 5.41 Å². The summed E-state index contributed by atoms with van der Waals surface area (Å²) in [5, 5.41) is 0. The number of nitrogens with zero attached hydrogens (tertiary/aromatic N) is 1. The highest BCUT2D eigenvalue weighted by Crippen LogP contribution is 2.40. The molecule has 0 amide bonds. The van der Waals surface area contributed by atoms with Crippen molar-refractivity contribution < 1.29 is 4.74 Å². The monoisotopic (exact) mass is 201 g/mol. The van der Waals surface area contributed by atoms with Crippen molar-refractivity contribution in [2.24, 2.45) is 5.41 Å². The fourth-order valence-corrected chi connectivity index (χ4v) is 2.43. The molecule has 2 fully saturated rings. The first kappa shape index (κ1) is 13.9. The van der Waals surface area contributed by atoms with Crippen LogP contribution in [-0.2, 0) is 4.74 Å². The van der Waals surface area contributed by atoms with Crippen LogP contribution in [0.3, 0.4) is 0 Å². The Kier molecular flexibility index (Phi) is 5.68. The lowest BCUT2D eigenvalue weighted by Gasteiger charge is -2.37. The summed E-state index contributed by atoms with van der Waals surface area (Å²) in [6, 6.07) is 0.781. The number of ether oxygens (including phenoxy) is 1. The van der Waals surface area contributed by atoms with Crippen LogP contribution in [0.5, 0.6) is 0 Å². The van der Waals surface area contributed by atoms with Gasteiger partial charge in [-0.2, -0.15) is 0 Å². The summed E-state index contributed by atoms with van der Waals surface area (Å²) in [4.78, 5) is 2.56. The van der Waals surface area contributed by atoms with Crippen LogP contribution in [-0.4, -0.2) is 37.2 Å². The van der Waals surface area contributed by atoms with Gasteiger partial charge in [0.2, 0.25) is 0 Å². The van der Waals surface area contributed by atoms with Crippen LogP contribution in [0.25, 0.3) is 0 Å². The lowest BCUT2D eigenvalue weighted by Crippen LogP contribution is -2.44. The molecule has 0 unspecified atom stereocenters. The lowest BCUT2D eigenvalue weighted by atomic mass is 9.84. The second kappa shape index (κ2) is 5.72. The van der Waals surface area contributed by atoms with Gasteiger partial charge in [0.1, 0.15) is 0 Å². The summed E-state index contributed by atoms with van der Waals surface area (Å²) in [6.07, 6.45) is 1.35. The molecule has 2 saturated heterocycles. The van der Waals surface area contributed by atoms with E-state index in [2.05, 4.69) is 18.7 Å². The molecule has 86 valence electrons. The largest absolute Gasteiger partial charge is 0.380 e. The molecule has 2 heteroatoms. The van der Waals surface area contributed by atoms with E-state index in [0.717, 1.165) is 19.3 Å². The molecule has 0 N–H and O–H groups in total. The Morgan fingerprint density at radius 1 is 1.36 bits per heavy atom. The first-order valence-corrected chi connectivity index (χ1v) is 5.57. The van der Waals surface area contributed by atoms with Crippen LogP contribution < -0.4 is 0 Å². The van der Waals surface area contributed by atoms with Crippen molar-refractivity contribution in [3.63, 3.8) is 0 Å². The van der Waals surface area contributed by atoms with Crippen molar-refractivity contribution in [2.75, 3.05) is 26.3 Å². The fraction of sp³-hybridized carbons (Fsp3) is 1.00. The Hall–Kier alpha value is -0.0800. The van der Waals surface area contributed by atoms with E-state index in [1.165, 1.54) is 19.5 Å². The molecule has 2 rings (SSSR count). The smallest absolute Gasteiger partial charge is 0.0557 e. The first-order valence-electron chi connectivity index (χ1n) is 5.57. The first-order chi connectivity index (χ1) is 6.26. The molecular formula is C12H27NO. The van der Waals surface area contributed by atoms with Gasteiger partial charge in [0.05, 0.1) is 13.2 Å². The molecule has 0 saturated carbocycles. The third kappa shape index (κ3) is 2.48. The standard InChI is InChI=1S/C9H17NO.C2H6.CH4/c1-3-10-5-9(4-8(10)2)6-11-7-9;1-2;/h8H,3-7H2,1-2H3;1-2H3;1H4/t8-;;/m1../s1. The number of hydrogen-bond donors (Lipinski definition) is 0. The Morgan fingerprint density at radius 2 is 1.93 bits per heavy atom. The Morgan fingerprint density at radius 3 is 2.14 bits per heavy atom. The molecule has 0 bridgehead atoms. The summed E-state index contributed by atoms with van der Waals surface area (Å²) in [7, 11) is 0. The zero-order chi connectivity index (χ0) is 9.90. The van der Waals surface area contributed by atoms with Crippen molar-refractivity contribution in [3.8, 4) is 0 Å². The summed E-state index contributed by atoms with van der Waals surface area (Å²) >= 11 is 0. The van der Waals surface area contributed by atoms with Crippen LogP contribution >= 0.6 is 0 Å². The summed E-state index contributed by atoms with van der Waals surface area (Å²) < 4.78 is 5.27. The van der Waals surface area contributed by atoms with E-state index in [1.54, 1.807) is 0 Å². The Bertz CT molecular complexity index is 154. The molecule has 0 aromatic heterocycles. The second-order valence-corrected chi connectivity index (χ2v) is 4.11. The predicted molar refractivity (Wildman–Crippen MR) is 62.7 cm³/mol. The van der Waals surface area contributed by atoms with Crippen molar-refractivity contribution >= 4 is 0 Å². The molecule has 1 spiro atoms. The average Bonchev–Trinajstić information content (AvgIpc) is 2.46. The van der Waals surface area contributed by atoms with Gasteiger partial charge in [-0.3, -0.25) is 0 Å². The van der Waals surface area contributed by atoms with Gasteiger partial charge in [-0.05, 0) is 19.9 Å².